The Hall–Kier alpha value is -4.41. The van der Waals surface area contributed by atoms with Crippen molar-refractivity contribution in [1.82, 2.24) is 15.0 Å². The minimum Gasteiger partial charge on any atom is -0.480 e. The van der Waals surface area contributed by atoms with E-state index in [9.17, 15) is 19.7 Å². The van der Waals surface area contributed by atoms with Crippen LogP contribution in [0.1, 0.15) is 11.1 Å². The van der Waals surface area contributed by atoms with Gasteiger partial charge in [-0.2, -0.15) is 0 Å². The first-order valence-corrected chi connectivity index (χ1v) is 18.2. The van der Waals surface area contributed by atoms with Crippen LogP contribution in [0, 0.1) is 10.1 Å². The Morgan fingerprint density at radius 1 is 0.771 bits per heavy atom. The lowest BCUT2D eigenvalue weighted by atomic mass is 10.0. The van der Waals surface area contributed by atoms with Gasteiger partial charge < -0.3 is 36.6 Å². The Labute approximate surface area is 288 Å². The molecule has 0 aliphatic heterocycles. The van der Waals surface area contributed by atoms with Crippen LogP contribution in [-0.2, 0) is 22.4 Å². The van der Waals surface area contributed by atoms with E-state index in [1.54, 1.807) is 48.1 Å². The Kier molecular flexibility index (Phi) is 12.6. The van der Waals surface area contributed by atoms with Crippen LogP contribution in [-0.4, -0.2) is 72.9 Å². The molecule has 0 aliphatic rings. The minimum atomic E-state index is -1.14. The number of aliphatic carboxylic acids is 2. The van der Waals surface area contributed by atoms with E-state index < -0.39 is 28.9 Å². The van der Waals surface area contributed by atoms with Crippen molar-refractivity contribution in [2.75, 3.05) is 18.8 Å². The Morgan fingerprint density at radius 2 is 1.33 bits per heavy atom. The maximum absolute atomic E-state index is 11.3. The van der Waals surface area contributed by atoms with Gasteiger partial charge in [0.2, 0.25) is 0 Å². The number of fused-ring (bicyclic) bond motifs is 3. The van der Waals surface area contributed by atoms with Crippen molar-refractivity contribution in [3.8, 4) is 0 Å². The molecule has 2 atom stereocenters. The smallest absolute Gasteiger partial charge is 0.320 e. The molecule has 0 aliphatic carbocycles. The van der Waals surface area contributed by atoms with Crippen molar-refractivity contribution in [2.24, 2.45) is 11.5 Å². The molecule has 12 nitrogen and oxygen atoms in total. The molecule has 252 valence electrons. The molecule has 0 fully saturated rings. The van der Waals surface area contributed by atoms with Crippen molar-refractivity contribution < 1.29 is 24.7 Å². The van der Waals surface area contributed by atoms with Crippen molar-refractivity contribution in [1.29, 1.82) is 0 Å². The average molecular weight is 709 g/mol. The standard InChI is InChI=1S/C12H13N3O4S.C12H14N2O2S.C9H9NS/c1-20-9-3-2-8-10(11(9)15(18)19)6(5-14-8)4-7(13)12(16)17;1-17-8-2-3-11-9(5-8)7(6-14-11)4-10(13)12(15)16;1-11-8-2-3-9-7(6-8)4-5-10-9/h2-3,5,7,14H,4,13H2,1H3,(H,16,17);2-3,5-6,10,14H,4,13H2,1H3,(H,15,16);2-6,10H,1H3. The number of nitro groups is 1. The summed E-state index contributed by atoms with van der Waals surface area (Å²) in [7, 11) is 0. The quantitative estimate of drug-likeness (QED) is 0.0464. The van der Waals surface area contributed by atoms with Gasteiger partial charge in [0.05, 0.1) is 20.7 Å². The van der Waals surface area contributed by atoms with Crippen LogP contribution in [0.3, 0.4) is 0 Å². The van der Waals surface area contributed by atoms with Gasteiger partial charge in [-0.05, 0) is 84.5 Å². The van der Waals surface area contributed by atoms with E-state index in [0.29, 0.717) is 27.8 Å². The number of aromatic nitrogens is 3. The van der Waals surface area contributed by atoms with E-state index in [1.165, 1.54) is 27.6 Å². The highest BCUT2D eigenvalue weighted by Crippen LogP contribution is 2.37. The largest absolute Gasteiger partial charge is 0.480 e. The fraction of sp³-hybridized carbons (Fsp3) is 0.212. The molecule has 0 saturated heterocycles. The van der Waals surface area contributed by atoms with E-state index in [-0.39, 0.29) is 12.1 Å². The second-order valence-electron chi connectivity index (χ2n) is 10.6. The number of nitro benzene ring substituents is 1. The monoisotopic (exact) mass is 708 g/mol. The number of carbonyl (C=O) groups is 2. The fourth-order valence-electron chi connectivity index (χ4n) is 5.02. The summed E-state index contributed by atoms with van der Waals surface area (Å²) in [6.45, 7) is 0. The highest BCUT2D eigenvalue weighted by atomic mass is 32.2. The maximum atomic E-state index is 11.3. The zero-order valence-corrected chi connectivity index (χ0v) is 28.8. The fourth-order valence-corrected chi connectivity index (χ4v) is 6.48. The van der Waals surface area contributed by atoms with Gasteiger partial charge in [0.25, 0.3) is 5.69 Å². The van der Waals surface area contributed by atoms with Crippen LogP contribution in [0.15, 0.2) is 87.9 Å². The lowest BCUT2D eigenvalue weighted by molar-refractivity contribution is -0.385. The van der Waals surface area contributed by atoms with Gasteiger partial charge >= 0.3 is 11.9 Å². The van der Waals surface area contributed by atoms with E-state index in [2.05, 4.69) is 51.5 Å². The van der Waals surface area contributed by atoms with E-state index in [1.807, 2.05) is 30.8 Å². The van der Waals surface area contributed by atoms with Crippen molar-refractivity contribution >= 4 is 85.6 Å². The maximum Gasteiger partial charge on any atom is 0.320 e. The van der Waals surface area contributed by atoms with Crippen LogP contribution in [0.5, 0.6) is 0 Å². The zero-order valence-electron chi connectivity index (χ0n) is 26.4. The highest BCUT2D eigenvalue weighted by molar-refractivity contribution is 7.99. The van der Waals surface area contributed by atoms with Crippen LogP contribution in [0.4, 0.5) is 5.69 Å². The number of hydrogen-bond donors (Lipinski definition) is 7. The van der Waals surface area contributed by atoms with E-state index in [4.69, 9.17) is 21.7 Å². The molecule has 0 saturated carbocycles. The number of benzene rings is 3. The molecule has 0 amide bonds. The highest BCUT2D eigenvalue weighted by Gasteiger charge is 2.24. The number of nitrogens with zero attached hydrogens (tertiary/aromatic N) is 1. The first kappa shape index (κ1) is 36.4. The van der Waals surface area contributed by atoms with Gasteiger partial charge in [0.1, 0.15) is 12.1 Å². The Balaban J connectivity index is 0.000000169. The summed E-state index contributed by atoms with van der Waals surface area (Å²) in [5, 5.41) is 31.7. The number of carboxylic acid groups (broad SMARTS) is 2. The zero-order chi connectivity index (χ0) is 35.0. The number of rotatable bonds is 10. The molecule has 2 unspecified atom stereocenters. The molecule has 0 bridgehead atoms. The lowest BCUT2D eigenvalue weighted by Gasteiger charge is -2.06. The van der Waals surface area contributed by atoms with Crippen molar-refractivity contribution in [3.05, 3.63) is 94.4 Å². The summed E-state index contributed by atoms with van der Waals surface area (Å²) in [6.07, 6.45) is 11.6. The average Bonchev–Trinajstić information content (AvgIpc) is 3.82. The third kappa shape index (κ3) is 8.73. The predicted octanol–water partition coefficient (Wildman–Crippen LogP) is 6.49. The molecule has 48 heavy (non-hydrogen) atoms. The summed E-state index contributed by atoms with van der Waals surface area (Å²) < 4.78 is 0. The van der Waals surface area contributed by atoms with E-state index in [0.717, 1.165) is 21.4 Å². The third-order valence-electron chi connectivity index (χ3n) is 7.52. The van der Waals surface area contributed by atoms with Crippen LogP contribution >= 0.6 is 35.3 Å². The number of nitrogens with one attached hydrogen (secondary N) is 3. The molecule has 6 rings (SSSR count). The summed E-state index contributed by atoms with van der Waals surface area (Å²) in [6, 6.07) is 16.1. The molecule has 0 radical (unpaired) electrons. The second-order valence-corrected chi connectivity index (χ2v) is 13.2. The van der Waals surface area contributed by atoms with Gasteiger partial charge in [-0.15, -0.1) is 35.3 Å². The first-order valence-electron chi connectivity index (χ1n) is 14.5. The van der Waals surface area contributed by atoms with Gasteiger partial charge in [0.15, 0.2) is 0 Å². The molecule has 3 aromatic heterocycles. The molecule has 3 heterocycles. The third-order valence-corrected chi connectivity index (χ3v) is 9.74. The van der Waals surface area contributed by atoms with Crippen LogP contribution in [0.25, 0.3) is 32.7 Å². The number of H-pyrrole nitrogens is 3. The lowest BCUT2D eigenvalue weighted by Crippen LogP contribution is -2.32. The number of hydrogen-bond acceptors (Lipinski definition) is 9. The molecule has 6 aromatic rings. The first-order chi connectivity index (χ1) is 23.0. The topological polar surface area (TPSA) is 217 Å². The van der Waals surface area contributed by atoms with Gasteiger partial charge in [-0.3, -0.25) is 19.7 Å². The Bertz CT molecular complexity index is 2060. The molecular weight excluding hydrogens is 673 g/mol. The minimum absolute atomic E-state index is 0.0103. The number of nitrogens with two attached hydrogens (primary N) is 2. The van der Waals surface area contributed by atoms with Gasteiger partial charge in [-0.25, -0.2) is 0 Å². The van der Waals surface area contributed by atoms with Gasteiger partial charge in [0, 0.05) is 63.0 Å². The number of thioether (sulfide) groups is 3. The van der Waals surface area contributed by atoms with Gasteiger partial charge in [-0.1, -0.05) is 0 Å². The van der Waals surface area contributed by atoms with Crippen LogP contribution in [0.2, 0.25) is 0 Å². The molecule has 9 N–H and O–H groups in total. The Morgan fingerprint density at radius 3 is 1.94 bits per heavy atom. The summed E-state index contributed by atoms with van der Waals surface area (Å²) in [5.41, 5.74) is 15.4. The molecule has 0 spiro atoms. The molecule has 3 aromatic carbocycles. The van der Waals surface area contributed by atoms with Crippen molar-refractivity contribution in [2.45, 2.75) is 39.6 Å². The summed E-state index contributed by atoms with van der Waals surface area (Å²) in [4.78, 5) is 44.6. The van der Waals surface area contributed by atoms with Crippen molar-refractivity contribution in [3.63, 3.8) is 0 Å². The number of aromatic amines is 3. The SMILES string of the molecule is CSc1ccc2[nH]cc(CC(N)C(=O)O)c2c1.CSc1ccc2[nH]cc(CC(N)C(=O)O)c2c1[N+](=O)[O-].CSc1ccc2[nH]ccc2c1. The predicted molar refractivity (Wildman–Crippen MR) is 196 cm³/mol. The molecular formula is C33H36N6O6S3. The van der Waals surface area contributed by atoms with E-state index >= 15 is 0 Å². The van der Waals surface area contributed by atoms with Crippen LogP contribution < -0.4 is 11.5 Å². The normalized spacial score (nSPS) is 12.2. The summed E-state index contributed by atoms with van der Waals surface area (Å²) >= 11 is 4.71. The molecule has 15 heteroatoms. The number of carboxylic acids is 2. The summed E-state index contributed by atoms with van der Waals surface area (Å²) in [5.74, 6) is -2.11. The second kappa shape index (κ2) is 16.6.